The van der Waals surface area contributed by atoms with Crippen molar-refractivity contribution in [3.05, 3.63) is 64.8 Å². The summed E-state index contributed by atoms with van der Waals surface area (Å²) in [6.45, 7) is 5.86. The number of nitrogens with one attached hydrogen (secondary N) is 3. The molecule has 2 aromatic carbocycles. The zero-order valence-corrected chi connectivity index (χ0v) is 16.9. The Morgan fingerprint density at radius 2 is 1.79 bits per heavy atom. The smallest absolute Gasteiger partial charge is 0.272 e. The summed E-state index contributed by atoms with van der Waals surface area (Å²) in [6, 6.07) is 12.8. The summed E-state index contributed by atoms with van der Waals surface area (Å²) in [7, 11) is -3.36. The van der Waals surface area contributed by atoms with Crippen molar-refractivity contribution in [2.75, 3.05) is 0 Å². The summed E-state index contributed by atoms with van der Waals surface area (Å²) in [6.07, 6.45) is 0. The van der Waals surface area contributed by atoms with E-state index in [0.29, 0.717) is 17.8 Å². The number of amides is 1. The average Bonchev–Trinajstić information content (AvgIpc) is 3.02. The molecule has 148 valence electrons. The standard InChI is InChI=1S/C20H24N4O3S/c1-13(2)24-28(26,27)12-16-7-5-15(6-8-16)11-21-20(25)19-17-10-14(3)4-9-18(17)22-23-19/h4-10,13,24H,11-12H2,1-3H3,(H,21,25)(H,22,23). The minimum atomic E-state index is -3.36. The molecule has 28 heavy (non-hydrogen) atoms. The summed E-state index contributed by atoms with van der Waals surface area (Å²) in [5.74, 6) is -0.333. The molecular formula is C20H24N4O3S. The van der Waals surface area contributed by atoms with Crippen molar-refractivity contribution in [3.8, 4) is 0 Å². The number of carbonyl (C=O) groups is 1. The Kier molecular flexibility index (Phi) is 5.81. The number of hydrogen-bond donors (Lipinski definition) is 3. The molecule has 1 heterocycles. The van der Waals surface area contributed by atoms with Crippen molar-refractivity contribution in [1.82, 2.24) is 20.2 Å². The largest absolute Gasteiger partial charge is 0.347 e. The molecule has 3 N–H and O–H groups in total. The number of sulfonamides is 1. The number of nitrogens with zero attached hydrogens (tertiary/aromatic N) is 1. The number of H-pyrrole nitrogens is 1. The van der Waals surface area contributed by atoms with Gasteiger partial charge in [0.05, 0.1) is 11.3 Å². The van der Waals surface area contributed by atoms with E-state index in [4.69, 9.17) is 0 Å². The number of hydrogen-bond acceptors (Lipinski definition) is 4. The molecule has 0 spiro atoms. The second kappa shape index (κ2) is 8.12. The van der Waals surface area contributed by atoms with E-state index in [1.807, 2.05) is 37.3 Å². The molecule has 0 unspecified atom stereocenters. The number of aryl methyl sites for hydroxylation is 1. The molecule has 0 aliphatic carbocycles. The molecule has 7 nitrogen and oxygen atoms in total. The van der Waals surface area contributed by atoms with E-state index in [0.717, 1.165) is 22.0 Å². The maximum Gasteiger partial charge on any atom is 0.272 e. The molecule has 0 bridgehead atoms. The van der Waals surface area contributed by atoms with Crippen LogP contribution < -0.4 is 10.0 Å². The lowest BCUT2D eigenvalue weighted by Crippen LogP contribution is -2.31. The van der Waals surface area contributed by atoms with Crippen LogP contribution >= 0.6 is 0 Å². The number of carbonyl (C=O) groups excluding carboxylic acids is 1. The predicted octanol–water partition coefficient (Wildman–Crippen LogP) is 2.63. The van der Waals surface area contributed by atoms with Gasteiger partial charge in [-0.2, -0.15) is 5.10 Å². The van der Waals surface area contributed by atoms with Crippen molar-refractivity contribution in [2.24, 2.45) is 0 Å². The minimum absolute atomic E-state index is 0.0730. The van der Waals surface area contributed by atoms with Gasteiger partial charge in [0.25, 0.3) is 5.91 Å². The van der Waals surface area contributed by atoms with Crippen LogP contribution in [0.2, 0.25) is 0 Å². The van der Waals surface area contributed by atoms with Crippen LogP contribution in [0.25, 0.3) is 10.9 Å². The van der Waals surface area contributed by atoms with E-state index in [2.05, 4.69) is 20.2 Å². The normalized spacial score (nSPS) is 11.9. The van der Waals surface area contributed by atoms with E-state index in [1.165, 1.54) is 0 Å². The molecule has 1 amide bonds. The molecule has 0 atom stereocenters. The zero-order chi connectivity index (χ0) is 20.3. The Labute approximate surface area is 164 Å². The SMILES string of the molecule is Cc1ccc2[nH]nc(C(=O)NCc3ccc(CS(=O)(=O)NC(C)C)cc3)c2c1. The quantitative estimate of drug-likeness (QED) is 0.567. The Hall–Kier alpha value is -2.71. The molecule has 3 rings (SSSR count). The van der Waals surface area contributed by atoms with Crippen LogP contribution in [0.4, 0.5) is 0 Å². The van der Waals surface area contributed by atoms with Gasteiger partial charge in [-0.15, -0.1) is 0 Å². The highest BCUT2D eigenvalue weighted by molar-refractivity contribution is 7.88. The number of aromatic amines is 1. The van der Waals surface area contributed by atoms with Crippen molar-refractivity contribution >= 4 is 26.8 Å². The van der Waals surface area contributed by atoms with Crippen LogP contribution in [0, 0.1) is 6.92 Å². The van der Waals surface area contributed by atoms with E-state index >= 15 is 0 Å². The monoisotopic (exact) mass is 400 g/mol. The van der Waals surface area contributed by atoms with Gasteiger partial charge in [0.15, 0.2) is 5.69 Å². The molecule has 1 aromatic heterocycles. The first-order chi connectivity index (χ1) is 13.2. The van der Waals surface area contributed by atoms with Gasteiger partial charge in [-0.3, -0.25) is 9.89 Å². The highest BCUT2D eigenvalue weighted by atomic mass is 32.2. The maximum absolute atomic E-state index is 12.5. The maximum atomic E-state index is 12.5. The highest BCUT2D eigenvalue weighted by Crippen LogP contribution is 2.17. The third kappa shape index (κ3) is 4.96. The Balaban J connectivity index is 1.63. The third-order valence-corrected chi connectivity index (χ3v) is 5.73. The van der Waals surface area contributed by atoms with Gasteiger partial charge in [-0.05, 0) is 44.0 Å². The van der Waals surface area contributed by atoms with Gasteiger partial charge in [0.2, 0.25) is 10.0 Å². The van der Waals surface area contributed by atoms with Crippen LogP contribution in [0.15, 0.2) is 42.5 Å². The van der Waals surface area contributed by atoms with Gasteiger partial charge >= 0.3 is 0 Å². The van der Waals surface area contributed by atoms with Crippen molar-refractivity contribution in [2.45, 2.75) is 39.1 Å². The average molecular weight is 401 g/mol. The molecule has 8 heteroatoms. The van der Waals surface area contributed by atoms with E-state index in [1.54, 1.807) is 26.0 Å². The first-order valence-corrected chi connectivity index (χ1v) is 10.7. The lowest BCUT2D eigenvalue weighted by atomic mass is 10.1. The Morgan fingerprint density at radius 3 is 2.46 bits per heavy atom. The van der Waals surface area contributed by atoms with Crippen LogP contribution in [0.3, 0.4) is 0 Å². The topological polar surface area (TPSA) is 104 Å². The first-order valence-electron chi connectivity index (χ1n) is 9.04. The van der Waals surface area contributed by atoms with Gasteiger partial charge in [-0.1, -0.05) is 35.9 Å². The van der Waals surface area contributed by atoms with Gasteiger partial charge < -0.3 is 5.32 Å². The second-order valence-electron chi connectivity index (χ2n) is 7.15. The summed E-state index contributed by atoms with van der Waals surface area (Å²) in [4.78, 5) is 12.5. The number of benzene rings is 2. The van der Waals surface area contributed by atoms with Gasteiger partial charge in [-0.25, -0.2) is 13.1 Å². The fraction of sp³-hybridized carbons (Fsp3) is 0.300. The van der Waals surface area contributed by atoms with Crippen molar-refractivity contribution < 1.29 is 13.2 Å². The molecule has 0 aliphatic heterocycles. The molecule has 0 fully saturated rings. The van der Waals surface area contributed by atoms with E-state index in [-0.39, 0.29) is 17.7 Å². The first kappa shape index (κ1) is 20.0. The third-order valence-electron chi connectivity index (χ3n) is 4.18. The van der Waals surface area contributed by atoms with Crippen LogP contribution in [0.1, 0.15) is 41.0 Å². The fourth-order valence-corrected chi connectivity index (χ4v) is 4.37. The molecule has 0 radical (unpaired) electrons. The molecule has 0 saturated heterocycles. The number of rotatable bonds is 7. The minimum Gasteiger partial charge on any atom is -0.347 e. The summed E-state index contributed by atoms with van der Waals surface area (Å²) in [5, 5.41) is 10.6. The summed E-state index contributed by atoms with van der Waals surface area (Å²) in [5.41, 5.74) is 3.80. The molecule has 0 saturated carbocycles. The summed E-state index contributed by atoms with van der Waals surface area (Å²) < 4.78 is 26.6. The van der Waals surface area contributed by atoms with Crippen molar-refractivity contribution in [1.29, 1.82) is 0 Å². The lowest BCUT2D eigenvalue weighted by Gasteiger charge is -2.10. The van der Waals surface area contributed by atoms with Crippen LogP contribution in [-0.4, -0.2) is 30.6 Å². The Morgan fingerprint density at radius 1 is 1.11 bits per heavy atom. The predicted molar refractivity (Wildman–Crippen MR) is 109 cm³/mol. The fourth-order valence-electron chi connectivity index (χ4n) is 2.94. The van der Waals surface area contributed by atoms with E-state index < -0.39 is 10.0 Å². The van der Waals surface area contributed by atoms with Gasteiger partial charge in [0, 0.05) is 18.0 Å². The molecular weight excluding hydrogens is 376 g/mol. The highest BCUT2D eigenvalue weighted by Gasteiger charge is 2.15. The Bertz CT molecular complexity index is 1090. The number of fused-ring (bicyclic) bond motifs is 1. The van der Waals surface area contributed by atoms with Crippen LogP contribution in [0.5, 0.6) is 0 Å². The molecule has 0 aliphatic rings. The second-order valence-corrected chi connectivity index (χ2v) is 8.91. The zero-order valence-electron chi connectivity index (χ0n) is 16.1. The lowest BCUT2D eigenvalue weighted by molar-refractivity contribution is 0.0947. The number of aromatic nitrogens is 2. The van der Waals surface area contributed by atoms with E-state index in [9.17, 15) is 13.2 Å². The van der Waals surface area contributed by atoms with Crippen LogP contribution in [-0.2, 0) is 22.3 Å². The molecule has 3 aromatic rings. The van der Waals surface area contributed by atoms with Gasteiger partial charge in [0.1, 0.15) is 0 Å². The van der Waals surface area contributed by atoms with Crippen molar-refractivity contribution in [3.63, 3.8) is 0 Å². The summed E-state index contributed by atoms with van der Waals surface area (Å²) >= 11 is 0.